The van der Waals surface area contributed by atoms with E-state index in [1.807, 2.05) is 83.6 Å². The molecule has 5 aromatic rings. The van der Waals surface area contributed by atoms with Gasteiger partial charge in [0, 0.05) is 30.2 Å². The van der Waals surface area contributed by atoms with Gasteiger partial charge in [0.15, 0.2) is 0 Å². The summed E-state index contributed by atoms with van der Waals surface area (Å²) in [6.07, 6.45) is 3.43. The highest BCUT2D eigenvalue weighted by molar-refractivity contribution is 6.03. The Morgan fingerprint density at radius 2 is 1.87 bits per heavy atom. The maximum absolute atomic E-state index is 13.7. The van der Waals surface area contributed by atoms with Crippen molar-refractivity contribution in [2.75, 3.05) is 25.1 Å². The fourth-order valence-electron chi connectivity index (χ4n) is 5.27. The first-order valence-electron chi connectivity index (χ1n) is 12.9. The molecule has 1 aliphatic heterocycles. The maximum Gasteiger partial charge on any atom is 0.253 e. The minimum Gasteiger partial charge on any atom is -0.497 e. The molecule has 0 spiro atoms. The van der Waals surface area contributed by atoms with Crippen molar-refractivity contribution in [2.24, 2.45) is 0 Å². The van der Waals surface area contributed by atoms with Gasteiger partial charge in [-0.25, -0.2) is 4.98 Å². The molecule has 0 aliphatic carbocycles. The molecule has 0 bridgehead atoms. The number of anilines is 1. The molecule has 0 saturated heterocycles. The molecule has 3 heterocycles. The van der Waals surface area contributed by atoms with Crippen molar-refractivity contribution >= 4 is 39.7 Å². The number of methoxy groups -OCH3 is 1. The number of carbonyl (C=O) groups excluding carboxylic acids is 2. The van der Waals surface area contributed by atoms with Crippen molar-refractivity contribution in [3.8, 4) is 5.75 Å². The minimum atomic E-state index is -0.628. The van der Waals surface area contributed by atoms with Crippen LogP contribution in [-0.4, -0.2) is 46.5 Å². The van der Waals surface area contributed by atoms with E-state index in [2.05, 4.69) is 10.3 Å². The lowest BCUT2D eigenvalue weighted by Gasteiger charge is -2.16. The third-order valence-corrected chi connectivity index (χ3v) is 7.22. The molecule has 1 atom stereocenters. The topological polar surface area (TPSA) is 92.2 Å². The number of nitrogens with zero attached hydrogens (tertiary/aromatic N) is 3. The van der Waals surface area contributed by atoms with Crippen LogP contribution < -0.4 is 15.0 Å². The van der Waals surface area contributed by atoms with E-state index in [4.69, 9.17) is 9.72 Å². The first-order chi connectivity index (χ1) is 18.6. The number of aromatic amines is 1. The van der Waals surface area contributed by atoms with Gasteiger partial charge in [0.05, 0.1) is 24.6 Å². The van der Waals surface area contributed by atoms with Crippen LogP contribution in [-0.2, 0) is 22.4 Å². The molecule has 2 aromatic heterocycles. The normalized spacial score (nSPS) is 14.8. The van der Waals surface area contributed by atoms with E-state index in [-0.39, 0.29) is 18.2 Å². The first-order valence-corrected chi connectivity index (χ1v) is 12.9. The molecular weight excluding hydrogens is 478 g/mol. The summed E-state index contributed by atoms with van der Waals surface area (Å²) in [4.78, 5) is 36.4. The number of aromatic nitrogens is 3. The number of imidazole rings is 1. The Morgan fingerprint density at radius 1 is 1.05 bits per heavy atom. The molecular formula is C30H29N5O3. The van der Waals surface area contributed by atoms with Crippen molar-refractivity contribution in [3.05, 3.63) is 90.1 Å². The van der Waals surface area contributed by atoms with Gasteiger partial charge in [0.2, 0.25) is 11.9 Å². The van der Waals surface area contributed by atoms with E-state index in [0.717, 1.165) is 45.2 Å². The molecule has 0 radical (unpaired) electrons. The molecule has 2 amide bonds. The van der Waals surface area contributed by atoms with Crippen LogP contribution in [0.25, 0.3) is 21.9 Å². The predicted octanol–water partition coefficient (Wildman–Crippen LogP) is 4.41. The zero-order valence-corrected chi connectivity index (χ0v) is 21.2. The maximum atomic E-state index is 13.7. The molecule has 192 valence electrons. The number of hydrogen-bond donors (Lipinski definition) is 2. The summed E-state index contributed by atoms with van der Waals surface area (Å²) in [5.41, 5.74) is 4.94. The lowest BCUT2D eigenvalue weighted by atomic mass is 10.1. The number of amides is 2. The number of H-pyrrole nitrogens is 1. The average Bonchev–Trinajstić information content (AvgIpc) is 3.60. The number of nitrogens with one attached hydrogen (secondary N) is 2. The number of para-hydroxylation sites is 2. The van der Waals surface area contributed by atoms with Gasteiger partial charge in [-0.1, -0.05) is 42.5 Å². The quantitative estimate of drug-likeness (QED) is 0.309. The summed E-state index contributed by atoms with van der Waals surface area (Å²) in [6, 6.07) is 23.1. The Morgan fingerprint density at radius 3 is 2.71 bits per heavy atom. The molecule has 2 N–H and O–H groups in total. The molecule has 8 heteroatoms. The number of rotatable bonds is 9. The largest absolute Gasteiger partial charge is 0.497 e. The van der Waals surface area contributed by atoms with Crippen LogP contribution in [0.2, 0.25) is 0 Å². The van der Waals surface area contributed by atoms with Gasteiger partial charge in [-0.15, -0.1) is 0 Å². The van der Waals surface area contributed by atoms with Crippen LogP contribution in [0.15, 0.2) is 79.0 Å². The van der Waals surface area contributed by atoms with E-state index in [9.17, 15) is 9.59 Å². The van der Waals surface area contributed by atoms with Crippen molar-refractivity contribution in [1.82, 2.24) is 19.9 Å². The van der Waals surface area contributed by atoms with Gasteiger partial charge < -0.3 is 15.0 Å². The van der Waals surface area contributed by atoms with Crippen LogP contribution in [0.5, 0.6) is 5.75 Å². The summed E-state index contributed by atoms with van der Waals surface area (Å²) in [6.45, 7) is 0.980. The van der Waals surface area contributed by atoms with E-state index in [0.29, 0.717) is 25.5 Å². The highest BCUT2D eigenvalue weighted by atomic mass is 16.5. The summed E-state index contributed by atoms with van der Waals surface area (Å²) in [5, 5.41) is 4.06. The molecule has 1 aliphatic rings. The number of carbonyl (C=O) groups is 2. The molecule has 6 rings (SSSR count). The van der Waals surface area contributed by atoms with E-state index < -0.39 is 6.04 Å². The Bertz CT molecular complexity index is 1620. The average molecular weight is 508 g/mol. The standard InChI is InChI=1S/C30H29N5O3/c1-38-22-11-12-24-23(17-22)21(19-32-24)14-16-34-29(37)27(35-26-10-6-5-9-25(26)33-30(34)35)18-28(36)31-15-13-20-7-3-2-4-8-20/h2-12,17,19,27,32H,13-16,18H2,1H3,(H,31,36)/t27-/m1/s1. The van der Waals surface area contributed by atoms with Gasteiger partial charge in [0.25, 0.3) is 5.91 Å². The Kier molecular flexibility index (Phi) is 6.29. The van der Waals surface area contributed by atoms with Crippen molar-refractivity contribution in [3.63, 3.8) is 0 Å². The Hall–Kier alpha value is -4.59. The van der Waals surface area contributed by atoms with Gasteiger partial charge in [-0.05, 0) is 54.3 Å². The van der Waals surface area contributed by atoms with Gasteiger partial charge >= 0.3 is 0 Å². The van der Waals surface area contributed by atoms with E-state index in [1.165, 1.54) is 0 Å². The lowest BCUT2D eigenvalue weighted by Crippen LogP contribution is -2.34. The Labute approximate surface area is 220 Å². The first kappa shape index (κ1) is 23.8. The van der Waals surface area contributed by atoms with Gasteiger partial charge in [0.1, 0.15) is 11.8 Å². The lowest BCUT2D eigenvalue weighted by molar-refractivity contribution is -0.127. The van der Waals surface area contributed by atoms with Crippen LogP contribution in [0, 0.1) is 0 Å². The molecule has 3 aromatic carbocycles. The summed E-state index contributed by atoms with van der Waals surface area (Å²) < 4.78 is 7.32. The number of hydrogen-bond acceptors (Lipinski definition) is 4. The van der Waals surface area contributed by atoms with Crippen molar-refractivity contribution < 1.29 is 14.3 Å². The van der Waals surface area contributed by atoms with E-state index >= 15 is 0 Å². The van der Waals surface area contributed by atoms with Crippen molar-refractivity contribution in [2.45, 2.75) is 25.3 Å². The molecule has 38 heavy (non-hydrogen) atoms. The second-order valence-electron chi connectivity index (χ2n) is 9.54. The zero-order valence-electron chi connectivity index (χ0n) is 21.2. The summed E-state index contributed by atoms with van der Waals surface area (Å²) >= 11 is 0. The van der Waals surface area contributed by atoms with Crippen LogP contribution in [0.3, 0.4) is 0 Å². The number of fused-ring (bicyclic) bond motifs is 4. The summed E-state index contributed by atoms with van der Waals surface area (Å²) in [5.74, 6) is 1.13. The SMILES string of the molecule is COc1ccc2[nH]cc(CCN3C(=O)[C@@H](CC(=O)NCCc4ccccc4)n4c3nc3ccccc34)c2c1. The third kappa shape index (κ3) is 4.38. The monoisotopic (exact) mass is 507 g/mol. The van der Waals surface area contributed by atoms with Gasteiger partial charge in [-0.3, -0.25) is 19.1 Å². The van der Waals surface area contributed by atoms with Gasteiger partial charge in [-0.2, -0.15) is 0 Å². The smallest absolute Gasteiger partial charge is 0.253 e. The number of benzene rings is 3. The summed E-state index contributed by atoms with van der Waals surface area (Å²) in [7, 11) is 1.65. The minimum absolute atomic E-state index is 0.0712. The molecule has 0 unspecified atom stereocenters. The molecule has 0 fully saturated rings. The third-order valence-electron chi connectivity index (χ3n) is 7.22. The number of ether oxygens (including phenoxy) is 1. The highest BCUT2D eigenvalue weighted by Crippen LogP contribution is 2.36. The van der Waals surface area contributed by atoms with Crippen LogP contribution >= 0.6 is 0 Å². The van der Waals surface area contributed by atoms with Crippen LogP contribution in [0.1, 0.15) is 23.6 Å². The predicted molar refractivity (Wildman–Crippen MR) is 147 cm³/mol. The second-order valence-corrected chi connectivity index (χ2v) is 9.54. The fourth-order valence-corrected chi connectivity index (χ4v) is 5.27. The zero-order chi connectivity index (χ0) is 26.1. The fraction of sp³-hybridized carbons (Fsp3) is 0.233. The molecule has 0 saturated carbocycles. The van der Waals surface area contributed by atoms with Crippen LogP contribution in [0.4, 0.5) is 5.95 Å². The Balaban J connectivity index is 1.21. The van der Waals surface area contributed by atoms with E-state index in [1.54, 1.807) is 12.0 Å². The van der Waals surface area contributed by atoms with Crippen molar-refractivity contribution in [1.29, 1.82) is 0 Å². The highest BCUT2D eigenvalue weighted by Gasteiger charge is 2.40. The second kappa shape index (κ2) is 10.0. The molecule has 8 nitrogen and oxygen atoms in total.